The molecule has 1 nitrogen and oxygen atoms in total. The van der Waals surface area contributed by atoms with Gasteiger partial charge in [0.2, 0.25) is 0 Å². The Labute approximate surface area is 101 Å². The lowest BCUT2D eigenvalue weighted by Crippen LogP contribution is -2.33. The third-order valence-electron chi connectivity index (χ3n) is 3.26. The van der Waals surface area contributed by atoms with Crippen molar-refractivity contribution in [2.75, 3.05) is 0 Å². The van der Waals surface area contributed by atoms with Crippen molar-refractivity contribution in [3.63, 3.8) is 0 Å². The van der Waals surface area contributed by atoms with Gasteiger partial charge in [0.05, 0.1) is 0 Å². The van der Waals surface area contributed by atoms with E-state index >= 15 is 0 Å². The second-order valence-corrected chi connectivity index (χ2v) is 5.47. The van der Waals surface area contributed by atoms with Gasteiger partial charge in [0, 0.05) is 15.6 Å². The molecule has 0 amide bonds. The Morgan fingerprint density at radius 3 is 2.73 bits per heavy atom. The van der Waals surface area contributed by atoms with Crippen LogP contribution in [0.1, 0.15) is 31.7 Å². The van der Waals surface area contributed by atoms with Gasteiger partial charge in [-0.2, -0.15) is 0 Å². The van der Waals surface area contributed by atoms with Gasteiger partial charge in [-0.1, -0.05) is 30.1 Å². The number of nitrogens with two attached hydrogens (primary N) is 1. The lowest BCUT2D eigenvalue weighted by molar-refractivity contribution is 0.441. The van der Waals surface area contributed by atoms with Crippen molar-refractivity contribution in [2.45, 2.75) is 31.7 Å². The summed E-state index contributed by atoms with van der Waals surface area (Å²) in [6.07, 6.45) is 3.15. The average molecular weight is 244 g/mol. The molecule has 82 valence electrons. The van der Waals surface area contributed by atoms with Crippen LogP contribution in [0.15, 0.2) is 18.2 Å². The van der Waals surface area contributed by atoms with Crippen LogP contribution in [0.5, 0.6) is 0 Å². The van der Waals surface area contributed by atoms with Crippen molar-refractivity contribution < 1.29 is 0 Å². The standard InChI is InChI=1S/C12H15Cl2N/c1-8-4-5-12(15,7-8)10-6-9(13)2-3-11(10)14/h2-3,6,8H,4-5,7,15H2,1H3. The van der Waals surface area contributed by atoms with Crippen LogP contribution < -0.4 is 5.73 Å². The molecule has 1 aliphatic rings. The van der Waals surface area contributed by atoms with E-state index < -0.39 is 0 Å². The topological polar surface area (TPSA) is 26.0 Å². The summed E-state index contributed by atoms with van der Waals surface area (Å²) in [5.74, 6) is 0.671. The Hall–Kier alpha value is -0.240. The zero-order chi connectivity index (χ0) is 11.1. The molecule has 2 rings (SSSR count). The quantitative estimate of drug-likeness (QED) is 0.794. The maximum Gasteiger partial charge on any atom is 0.0457 e. The van der Waals surface area contributed by atoms with Crippen molar-refractivity contribution in [3.05, 3.63) is 33.8 Å². The second-order valence-electron chi connectivity index (χ2n) is 4.63. The van der Waals surface area contributed by atoms with Gasteiger partial charge < -0.3 is 5.73 Å². The van der Waals surface area contributed by atoms with Gasteiger partial charge in [0.1, 0.15) is 0 Å². The van der Waals surface area contributed by atoms with Crippen LogP contribution in [0, 0.1) is 5.92 Å². The lowest BCUT2D eigenvalue weighted by Gasteiger charge is -2.26. The maximum atomic E-state index is 6.40. The molecular weight excluding hydrogens is 229 g/mol. The van der Waals surface area contributed by atoms with Crippen molar-refractivity contribution in [1.82, 2.24) is 0 Å². The van der Waals surface area contributed by atoms with Gasteiger partial charge >= 0.3 is 0 Å². The molecule has 0 heterocycles. The van der Waals surface area contributed by atoms with Gasteiger partial charge in [-0.15, -0.1) is 0 Å². The largest absolute Gasteiger partial charge is 0.321 e. The first-order valence-electron chi connectivity index (χ1n) is 5.26. The van der Waals surface area contributed by atoms with Crippen molar-refractivity contribution in [1.29, 1.82) is 0 Å². The molecule has 0 bridgehead atoms. The molecule has 1 aliphatic carbocycles. The first-order chi connectivity index (χ1) is 7.01. The Morgan fingerprint density at radius 1 is 1.40 bits per heavy atom. The number of rotatable bonds is 1. The zero-order valence-electron chi connectivity index (χ0n) is 8.76. The molecule has 0 aliphatic heterocycles. The summed E-state index contributed by atoms with van der Waals surface area (Å²) in [6, 6.07) is 5.54. The molecule has 2 atom stereocenters. The molecule has 3 heteroatoms. The number of hydrogen-bond acceptors (Lipinski definition) is 1. The molecule has 0 saturated heterocycles. The summed E-state index contributed by atoms with van der Waals surface area (Å²) >= 11 is 12.2. The molecule has 1 fully saturated rings. The molecule has 2 unspecified atom stereocenters. The fourth-order valence-electron chi connectivity index (χ4n) is 2.45. The predicted molar refractivity (Wildman–Crippen MR) is 65.3 cm³/mol. The van der Waals surface area contributed by atoms with Crippen LogP contribution in [-0.2, 0) is 5.54 Å². The number of benzene rings is 1. The fourth-order valence-corrected chi connectivity index (χ4v) is 2.93. The van der Waals surface area contributed by atoms with Crippen LogP contribution in [0.2, 0.25) is 10.0 Å². The SMILES string of the molecule is CC1CCC(N)(c2cc(Cl)ccc2Cl)C1. The van der Waals surface area contributed by atoms with E-state index in [9.17, 15) is 0 Å². The summed E-state index contributed by atoms with van der Waals surface area (Å²) in [4.78, 5) is 0. The highest BCUT2D eigenvalue weighted by Crippen LogP contribution is 2.42. The minimum Gasteiger partial charge on any atom is -0.321 e. The summed E-state index contributed by atoms with van der Waals surface area (Å²) in [7, 11) is 0. The van der Waals surface area contributed by atoms with Crippen LogP contribution >= 0.6 is 23.2 Å². The Kier molecular flexibility index (Phi) is 2.98. The zero-order valence-corrected chi connectivity index (χ0v) is 10.3. The molecule has 1 aromatic rings. The molecular formula is C12H15Cl2N. The summed E-state index contributed by atoms with van der Waals surface area (Å²) in [5.41, 5.74) is 7.12. The Bertz CT molecular complexity index is 378. The third kappa shape index (κ3) is 2.15. The highest BCUT2D eigenvalue weighted by molar-refractivity contribution is 6.33. The van der Waals surface area contributed by atoms with Crippen LogP contribution in [-0.4, -0.2) is 0 Å². The molecule has 15 heavy (non-hydrogen) atoms. The highest BCUT2D eigenvalue weighted by atomic mass is 35.5. The van der Waals surface area contributed by atoms with E-state index in [0.717, 1.165) is 23.4 Å². The van der Waals surface area contributed by atoms with Crippen LogP contribution in [0.3, 0.4) is 0 Å². The second kappa shape index (κ2) is 3.97. The molecule has 1 aromatic carbocycles. The van der Waals surface area contributed by atoms with E-state index in [4.69, 9.17) is 28.9 Å². The normalized spacial score (nSPS) is 30.8. The number of halogens is 2. The third-order valence-corrected chi connectivity index (χ3v) is 3.83. The van der Waals surface area contributed by atoms with E-state index in [2.05, 4.69) is 6.92 Å². The molecule has 1 saturated carbocycles. The van der Waals surface area contributed by atoms with Gasteiger partial charge in [-0.05, 0) is 48.9 Å². The minimum absolute atomic E-state index is 0.276. The Morgan fingerprint density at radius 2 is 2.13 bits per heavy atom. The maximum absolute atomic E-state index is 6.40. The van der Waals surface area contributed by atoms with E-state index in [1.807, 2.05) is 12.1 Å². The van der Waals surface area contributed by atoms with Crippen LogP contribution in [0.4, 0.5) is 0 Å². The lowest BCUT2D eigenvalue weighted by atomic mass is 9.88. The number of hydrogen-bond donors (Lipinski definition) is 1. The molecule has 0 spiro atoms. The van der Waals surface area contributed by atoms with E-state index in [0.29, 0.717) is 10.9 Å². The summed E-state index contributed by atoms with van der Waals surface area (Å²) in [6.45, 7) is 2.23. The molecule has 2 N–H and O–H groups in total. The van der Waals surface area contributed by atoms with Crippen LogP contribution in [0.25, 0.3) is 0 Å². The van der Waals surface area contributed by atoms with Crippen molar-refractivity contribution >= 4 is 23.2 Å². The van der Waals surface area contributed by atoms with Gasteiger partial charge in [0.25, 0.3) is 0 Å². The smallest absolute Gasteiger partial charge is 0.0457 e. The summed E-state index contributed by atoms with van der Waals surface area (Å²) in [5, 5.41) is 1.44. The van der Waals surface area contributed by atoms with Gasteiger partial charge in [0.15, 0.2) is 0 Å². The Balaban J connectivity index is 2.40. The van der Waals surface area contributed by atoms with Gasteiger partial charge in [-0.25, -0.2) is 0 Å². The first-order valence-corrected chi connectivity index (χ1v) is 6.01. The average Bonchev–Trinajstić information content (AvgIpc) is 2.52. The fraction of sp³-hybridized carbons (Fsp3) is 0.500. The van der Waals surface area contributed by atoms with Crippen molar-refractivity contribution in [2.24, 2.45) is 11.7 Å². The van der Waals surface area contributed by atoms with E-state index in [1.165, 1.54) is 6.42 Å². The monoisotopic (exact) mass is 243 g/mol. The van der Waals surface area contributed by atoms with E-state index in [-0.39, 0.29) is 5.54 Å². The summed E-state index contributed by atoms with van der Waals surface area (Å²) < 4.78 is 0. The van der Waals surface area contributed by atoms with Gasteiger partial charge in [-0.3, -0.25) is 0 Å². The predicted octanol–water partition coefficient (Wildman–Crippen LogP) is 3.97. The molecule has 0 aromatic heterocycles. The minimum atomic E-state index is -0.276. The van der Waals surface area contributed by atoms with E-state index in [1.54, 1.807) is 6.07 Å². The van der Waals surface area contributed by atoms with Crippen molar-refractivity contribution in [3.8, 4) is 0 Å². The first kappa shape index (κ1) is 11.3. The molecule has 0 radical (unpaired) electrons. The highest BCUT2D eigenvalue weighted by Gasteiger charge is 2.36.